The van der Waals surface area contributed by atoms with Gasteiger partial charge in [0.25, 0.3) is 0 Å². The Labute approximate surface area is 96.1 Å². The van der Waals surface area contributed by atoms with Crippen molar-refractivity contribution in [3.8, 4) is 0 Å². The Kier molecular flexibility index (Phi) is 6.83. The van der Waals surface area contributed by atoms with E-state index < -0.39 is 0 Å². The predicted molar refractivity (Wildman–Crippen MR) is 60.3 cm³/mol. The number of morpholine rings is 1. The predicted octanol–water partition coefficient (Wildman–Crippen LogP) is 1.59. The van der Waals surface area contributed by atoms with E-state index in [9.17, 15) is 0 Å². The molecule has 1 aliphatic rings. The lowest BCUT2D eigenvalue weighted by Gasteiger charge is -2.23. The maximum Gasteiger partial charge on any atom is 0.0662 e. The first kappa shape index (κ1) is 13.7. The number of halogens is 2. The van der Waals surface area contributed by atoms with Crippen LogP contribution in [-0.4, -0.2) is 24.7 Å². The van der Waals surface area contributed by atoms with Crippen molar-refractivity contribution in [1.29, 1.82) is 0 Å². The summed E-state index contributed by atoms with van der Waals surface area (Å²) in [4.78, 5) is 3.97. The molecule has 1 aliphatic heterocycles. The van der Waals surface area contributed by atoms with Gasteiger partial charge in [0.15, 0.2) is 0 Å². The van der Waals surface area contributed by atoms with Gasteiger partial charge in [0.05, 0.1) is 19.3 Å². The molecule has 0 spiro atoms. The van der Waals surface area contributed by atoms with Gasteiger partial charge in [0, 0.05) is 18.9 Å². The number of pyridine rings is 1. The van der Waals surface area contributed by atoms with Gasteiger partial charge in [-0.05, 0) is 17.7 Å². The van der Waals surface area contributed by atoms with Crippen LogP contribution in [0.5, 0.6) is 0 Å². The topological polar surface area (TPSA) is 34.1 Å². The van der Waals surface area contributed by atoms with E-state index in [1.807, 2.05) is 24.5 Å². The van der Waals surface area contributed by atoms with Crippen LogP contribution in [0.2, 0.25) is 0 Å². The standard InChI is InChI=1S/C9H12N2O.2ClH/c1-3-10-4-2-8(1)9-7-12-6-5-11-9;;/h1-4,9,11H,5-7H2;2*1H/t9-;;/m1../s1. The first-order chi connectivity index (χ1) is 5.97. The lowest BCUT2D eigenvalue weighted by atomic mass is 10.1. The van der Waals surface area contributed by atoms with Crippen LogP contribution in [0.4, 0.5) is 0 Å². The van der Waals surface area contributed by atoms with Crippen molar-refractivity contribution in [2.24, 2.45) is 0 Å². The van der Waals surface area contributed by atoms with E-state index in [1.54, 1.807) is 0 Å². The minimum atomic E-state index is 0. The van der Waals surface area contributed by atoms with Crippen molar-refractivity contribution < 1.29 is 4.74 Å². The van der Waals surface area contributed by atoms with E-state index in [2.05, 4.69) is 10.3 Å². The summed E-state index contributed by atoms with van der Waals surface area (Å²) in [5, 5.41) is 3.38. The molecule has 0 radical (unpaired) electrons. The monoisotopic (exact) mass is 236 g/mol. The molecule has 80 valence electrons. The zero-order valence-electron chi connectivity index (χ0n) is 7.68. The molecule has 0 bridgehead atoms. The summed E-state index contributed by atoms with van der Waals surface area (Å²) in [5.74, 6) is 0. The summed E-state index contributed by atoms with van der Waals surface area (Å²) in [5.41, 5.74) is 1.25. The van der Waals surface area contributed by atoms with E-state index in [0.717, 1.165) is 19.8 Å². The normalized spacial score (nSPS) is 20.4. The number of nitrogens with zero attached hydrogens (tertiary/aromatic N) is 1. The van der Waals surface area contributed by atoms with Crippen molar-refractivity contribution in [3.05, 3.63) is 30.1 Å². The van der Waals surface area contributed by atoms with Crippen LogP contribution < -0.4 is 5.32 Å². The molecule has 0 aliphatic carbocycles. The van der Waals surface area contributed by atoms with E-state index in [0.29, 0.717) is 6.04 Å². The summed E-state index contributed by atoms with van der Waals surface area (Å²) < 4.78 is 5.35. The molecular weight excluding hydrogens is 223 g/mol. The highest BCUT2D eigenvalue weighted by Gasteiger charge is 2.13. The number of hydrogen-bond donors (Lipinski definition) is 1. The van der Waals surface area contributed by atoms with Crippen LogP contribution in [0.3, 0.4) is 0 Å². The molecular formula is C9H14Cl2N2O. The average Bonchev–Trinajstić information content (AvgIpc) is 2.21. The minimum absolute atomic E-state index is 0. The van der Waals surface area contributed by atoms with E-state index in [4.69, 9.17) is 4.74 Å². The quantitative estimate of drug-likeness (QED) is 0.805. The first-order valence-electron chi connectivity index (χ1n) is 4.18. The zero-order chi connectivity index (χ0) is 8.23. The average molecular weight is 237 g/mol. The summed E-state index contributed by atoms with van der Waals surface area (Å²) in [6.45, 7) is 2.53. The third kappa shape index (κ3) is 3.42. The highest BCUT2D eigenvalue weighted by atomic mass is 35.5. The SMILES string of the molecule is Cl.Cl.c1cc([C@H]2COCCN2)ccn1. The van der Waals surface area contributed by atoms with Crippen LogP contribution in [0.1, 0.15) is 11.6 Å². The van der Waals surface area contributed by atoms with Crippen LogP contribution in [0.15, 0.2) is 24.5 Å². The molecule has 0 saturated carbocycles. The summed E-state index contributed by atoms with van der Waals surface area (Å²) in [6.07, 6.45) is 3.62. The number of ether oxygens (including phenoxy) is 1. The Morgan fingerprint density at radius 3 is 2.57 bits per heavy atom. The molecule has 5 heteroatoms. The molecule has 2 rings (SSSR count). The summed E-state index contributed by atoms with van der Waals surface area (Å²) >= 11 is 0. The minimum Gasteiger partial charge on any atom is -0.378 e. The molecule has 1 saturated heterocycles. The molecule has 2 heterocycles. The van der Waals surface area contributed by atoms with Gasteiger partial charge < -0.3 is 10.1 Å². The Bertz CT molecular complexity index is 240. The lowest BCUT2D eigenvalue weighted by Crippen LogP contribution is -2.34. The molecule has 1 aromatic rings. The largest absolute Gasteiger partial charge is 0.378 e. The third-order valence-corrected chi connectivity index (χ3v) is 2.03. The van der Waals surface area contributed by atoms with E-state index in [1.165, 1.54) is 5.56 Å². The molecule has 1 fully saturated rings. The summed E-state index contributed by atoms with van der Waals surface area (Å²) in [7, 11) is 0. The maximum atomic E-state index is 5.35. The van der Waals surface area contributed by atoms with Crippen molar-refractivity contribution in [2.45, 2.75) is 6.04 Å². The van der Waals surface area contributed by atoms with Gasteiger partial charge in [-0.15, -0.1) is 24.8 Å². The van der Waals surface area contributed by atoms with Gasteiger partial charge in [-0.25, -0.2) is 0 Å². The Morgan fingerprint density at radius 1 is 1.29 bits per heavy atom. The Balaban J connectivity index is 0.000000845. The van der Waals surface area contributed by atoms with Crippen molar-refractivity contribution in [1.82, 2.24) is 10.3 Å². The number of rotatable bonds is 1. The smallest absolute Gasteiger partial charge is 0.0662 e. The zero-order valence-corrected chi connectivity index (χ0v) is 9.31. The van der Waals surface area contributed by atoms with Crippen LogP contribution in [-0.2, 0) is 4.74 Å². The highest BCUT2D eigenvalue weighted by Crippen LogP contribution is 2.13. The van der Waals surface area contributed by atoms with Gasteiger partial charge in [0.2, 0.25) is 0 Å². The Hall–Kier alpha value is -0.350. The molecule has 1 aromatic heterocycles. The fourth-order valence-electron chi connectivity index (χ4n) is 1.38. The molecule has 1 atom stereocenters. The fraction of sp³-hybridized carbons (Fsp3) is 0.444. The van der Waals surface area contributed by atoms with Crippen LogP contribution in [0, 0.1) is 0 Å². The molecule has 1 N–H and O–H groups in total. The number of hydrogen-bond acceptors (Lipinski definition) is 3. The van der Waals surface area contributed by atoms with E-state index >= 15 is 0 Å². The van der Waals surface area contributed by atoms with Gasteiger partial charge in [-0.1, -0.05) is 0 Å². The highest BCUT2D eigenvalue weighted by molar-refractivity contribution is 5.85. The first-order valence-corrected chi connectivity index (χ1v) is 4.18. The van der Waals surface area contributed by atoms with Crippen molar-refractivity contribution >= 4 is 24.8 Å². The molecule has 0 unspecified atom stereocenters. The van der Waals surface area contributed by atoms with Crippen LogP contribution >= 0.6 is 24.8 Å². The van der Waals surface area contributed by atoms with Gasteiger partial charge in [0.1, 0.15) is 0 Å². The second kappa shape index (κ2) is 7.01. The number of nitrogens with one attached hydrogen (secondary N) is 1. The fourth-order valence-corrected chi connectivity index (χ4v) is 1.38. The molecule has 0 amide bonds. The second-order valence-corrected chi connectivity index (χ2v) is 2.86. The van der Waals surface area contributed by atoms with Gasteiger partial charge >= 0.3 is 0 Å². The van der Waals surface area contributed by atoms with Crippen molar-refractivity contribution in [2.75, 3.05) is 19.8 Å². The van der Waals surface area contributed by atoms with Crippen molar-refractivity contribution in [3.63, 3.8) is 0 Å². The molecule has 14 heavy (non-hydrogen) atoms. The lowest BCUT2D eigenvalue weighted by molar-refractivity contribution is 0.0768. The molecule has 3 nitrogen and oxygen atoms in total. The van der Waals surface area contributed by atoms with Gasteiger partial charge in [-0.3, -0.25) is 4.98 Å². The second-order valence-electron chi connectivity index (χ2n) is 2.86. The van der Waals surface area contributed by atoms with Crippen LogP contribution in [0.25, 0.3) is 0 Å². The van der Waals surface area contributed by atoms with E-state index in [-0.39, 0.29) is 24.8 Å². The van der Waals surface area contributed by atoms with Gasteiger partial charge in [-0.2, -0.15) is 0 Å². The third-order valence-electron chi connectivity index (χ3n) is 2.03. The number of aromatic nitrogens is 1. The maximum absolute atomic E-state index is 5.35. The molecule has 0 aromatic carbocycles. The Morgan fingerprint density at radius 2 is 2.00 bits per heavy atom. The summed E-state index contributed by atoms with van der Waals surface area (Å²) in [6, 6.07) is 4.39.